The van der Waals surface area contributed by atoms with Crippen molar-refractivity contribution in [1.29, 1.82) is 0 Å². The fraction of sp³-hybridized carbons (Fsp3) is 1.00. The number of piperidine rings is 1. The summed E-state index contributed by atoms with van der Waals surface area (Å²) in [7, 11) is 0. The lowest BCUT2D eigenvalue weighted by Gasteiger charge is -2.28. The van der Waals surface area contributed by atoms with E-state index in [4.69, 9.17) is 4.74 Å². The smallest absolute Gasteiger partial charge is 0.0619 e. The molecule has 3 nitrogen and oxygen atoms in total. The van der Waals surface area contributed by atoms with Gasteiger partial charge < -0.3 is 15.0 Å². The van der Waals surface area contributed by atoms with Crippen LogP contribution in [0.4, 0.5) is 0 Å². The van der Waals surface area contributed by atoms with Gasteiger partial charge in [-0.1, -0.05) is 6.42 Å². The van der Waals surface area contributed by atoms with E-state index >= 15 is 0 Å². The van der Waals surface area contributed by atoms with Gasteiger partial charge in [0.2, 0.25) is 0 Å². The maximum Gasteiger partial charge on any atom is 0.0619 e. The number of nitrogens with one attached hydrogen (secondary N) is 1. The average molecular weight is 212 g/mol. The monoisotopic (exact) mass is 212 g/mol. The van der Waals surface area contributed by atoms with Gasteiger partial charge in [0, 0.05) is 25.7 Å². The topological polar surface area (TPSA) is 24.5 Å². The predicted octanol–water partition coefficient (Wildman–Crippen LogP) is 1.24. The van der Waals surface area contributed by atoms with Crippen LogP contribution in [0.2, 0.25) is 0 Å². The summed E-state index contributed by atoms with van der Waals surface area (Å²) in [5, 5.41) is 3.60. The molecule has 2 rings (SSSR count). The molecule has 2 aliphatic rings. The van der Waals surface area contributed by atoms with Gasteiger partial charge in [0.25, 0.3) is 0 Å². The molecule has 0 aliphatic carbocycles. The second-order valence-corrected chi connectivity index (χ2v) is 4.77. The number of hydrogen-bond donors (Lipinski definition) is 1. The number of hydrogen-bond acceptors (Lipinski definition) is 3. The van der Waals surface area contributed by atoms with Crippen molar-refractivity contribution in [2.45, 2.75) is 38.1 Å². The molecule has 2 fully saturated rings. The number of likely N-dealkylation sites (tertiary alicyclic amines) is 1. The highest BCUT2D eigenvalue weighted by atomic mass is 16.5. The molecule has 15 heavy (non-hydrogen) atoms. The van der Waals surface area contributed by atoms with Gasteiger partial charge in [-0.05, 0) is 38.8 Å². The maximum atomic E-state index is 5.45. The summed E-state index contributed by atoms with van der Waals surface area (Å²) in [5.74, 6) is 0. The van der Waals surface area contributed by atoms with Gasteiger partial charge in [-0.25, -0.2) is 0 Å². The highest BCUT2D eigenvalue weighted by Crippen LogP contribution is 2.08. The minimum absolute atomic E-state index is 0.614. The Balaban J connectivity index is 1.53. The van der Waals surface area contributed by atoms with Crippen molar-refractivity contribution < 1.29 is 4.74 Å². The van der Waals surface area contributed by atoms with Crippen LogP contribution in [0.3, 0.4) is 0 Å². The quantitative estimate of drug-likeness (QED) is 0.759. The number of nitrogens with zero attached hydrogens (tertiary/aromatic N) is 1. The zero-order valence-corrected chi connectivity index (χ0v) is 9.71. The van der Waals surface area contributed by atoms with E-state index < -0.39 is 0 Å². The second kappa shape index (κ2) is 6.46. The molecule has 2 saturated heterocycles. The first-order valence-corrected chi connectivity index (χ1v) is 6.48. The minimum Gasteiger partial charge on any atom is -0.380 e. The van der Waals surface area contributed by atoms with E-state index in [0.717, 1.165) is 19.8 Å². The molecule has 0 saturated carbocycles. The summed E-state index contributed by atoms with van der Waals surface area (Å²) in [6, 6.07) is 0.614. The minimum atomic E-state index is 0.614. The van der Waals surface area contributed by atoms with E-state index in [2.05, 4.69) is 10.2 Å². The Morgan fingerprint density at radius 3 is 2.73 bits per heavy atom. The van der Waals surface area contributed by atoms with Gasteiger partial charge in [-0.15, -0.1) is 0 Å². The van der Waals surface area contributed by atoms with Crippen molar-refractivity contribution in [3.8, 4) is 0 Å². The molecule has 2 heterocycles. The molecule has 1 N–H and O–H groups in total. The first-order chi connectivity index (χ1) is 7.45. The first kappa shape index (κ1) is 11.4. The molecule has 3 heteroatoms. The van der Waals surface area contributed by atoms with E-state index in [9.17, 15) is 0 Å². The lowest BCUT2D eigenvalue weighted by atomic mass is 10.1. The molecule has 0 spiro atoms. The molecular weight excluding hydrogens is 188 g/mol. The van der Waals surface area contributed by atoms with Crippen LogP contribution in [0.5, 0.6) is 0 Å². The summed E-state index contributed by atoms with van der Waals surface area (Å²) >= 11 is 0. The average Bonchev–Trinajstić information content (AvgIpc) is 2.32. The van der Waals surface area contributed by atoms with Crippen LogP contribution in [-0.2, 0) is 4.74 Å². The molecule has 0 radical (unpaired) electrons. The fourth-order valence-corrected chi connectivity index (χ4v) is 2.51. The molecule has 0 amide bonds. The Morgan fingerprint density at radius 2 is 2.00 bits per heavy atom. The molecular formula is C12H24N2O. The van der Waals surface area contributed by atoms with Gasteiger partial charge in [0.1, 0.15) is 0 Å². The van der Waals surface area contributed by atoms with Crippen molar-refractivity contribution in [1.82, 2.24) is 10.2 Å². The fourth-order valence-electron chi connectivity index (χ4n) is 2.51. The van der Waals surface area contributed by atoms with E-state index in [-0.39, 0.29) is 0 Å². The lowest BCUT2D eigenvalue weighted by Crippen LogP contribution is -2.42. The van der Waals surface area contributed by atoms with Crippen molar-refractivity contribution in [3.63, 3.8) is 0 Å². The van der Waals surface area contributed by atoms with Crippen LogP contribution in [0, 0.1) is 0 Å². The summed E-state index contributed by atoms with van der Waals surface area (Å²) in [4.78, 5) is 2.58. The molecule has 1 unspecified atom stereocenters. The van der Waals surface area contributed by atoms with Crippen molar-refractivity contribution in [2.75, 3.05) is 39.4 Å². The SMILES string of the molecule is C1CCN(CCNC2CCCOC2)CC1. The van der Waals surface area contributed by atoms with E-state index in [1.54, 1.807) is 0 Å². The molecule has 0 aromatic heterocycles. The van der Waals surface area contributed by atoms with Crippen molar-refractivity contribution in [2.24, 2.45) is 0 Å². The Kier molecular flexibility index (Phi) is 4.90. The van der Waals surface area contributed by atoms with Gasteiger partial charge in [0.05, 0.1) is 6.61 Å². The highest BCUT2D eigenvalue weighted by molar-refractivity contribution is 4.72. The zero-order valence-electron chi connectivity index (χ0n) is 9.71. The third-order valence-corrected chi connectivity index (χ3v) is 3.47. The molecule has 2 aliphatic heterocycles. The van der Waals surface area contributed by atoms with Crippen LogP contribution in [0.15, 0.2) is 0 Å². The summed E-state index contributed by atoms with van der Waals surface area (Å²) in [6.45, 7) is 6.85. The molecule has 1 atom stereocenters. The summed E-state index contributed by atoms with van der Waals surface area (Å²) in [5.41, 5.74) is 0. The maximum absolute atomic E-state index is 5.45. The standard InChI is InChI=1S/C12H24N2O/c1-2-7-14(8-3-1)9-6-13-12-5-4-10-15-11-12/h12-13H,1-11H2. The van der Waals surface area contributed by atoms with Crippen LogP contribution in [-0.4, -0.2) is 50.3 Å². The largest absolute Gasteiger partial charge is 0.380 e. The Bertz CT molecular complexity index is 145. The Hall–Kier alpha value is -0.120. The van der Waals surface area contributed by atoms with Crippen LogP contribution in [0.25, 0.3) is 0 Å². The van der Waals surface area contributed by atoms with Crippen LogP contribution in [0.1, 0.15) is 32.1 Å². The van der Waals surface area contributed by atoms with Gasteiger partial charge in [-0.2, -0.15) is 0 Å². The highest BCUT2D eigenvalue weighted by Gasteiger charge is 2.14. The van der Waals surface area contributed by atoms with E-state index in [0.29, 0.717) is 6.04 Å². The van der Waals surface area contributed by atoms with E-state index in [1.165, 1.54) is 51.7 Å². The van der Waals surface area contributed by atoms with Crippen molar-refractivity contribution in [3.05, 3.63) is 0 Å². The van der Waals surface area contributed by atoms with Gasteiger partial charge >= 0.3 is 0 Å². The zero-order chi connectivity index (χ0) is 10.3. The third kappa shape index (κ3) is 4.09. The van der Waals surface area contributed by atoms with Crippen molar-refractivity contribution >= 4 is 0 Å². The summed E-state index contributed by atoms with van der Waals surface area (Å²) in [6.07, 6.45) is 6.74. The molecule has 0 aromatic rings. The van der Waals surface area contributed by atoms with Gasteiger partial charge in [-0.3, -0.25) is 0 Å². The molecule has 0 bridgehead atoms. The Labute approximate surface area is 93.2 Å². The lowest BCUT2D eigenvalue weighted by molar-refractivity contribution is 0.0692. The van der Waals surface area contributed by atoms with Crippen LogP contribution >= 0.6 is 0 Å². The number of ether oxygens (including phenoxy) is 1. The van der Waals surface area contributed by atoms with Crippen LogP contribution < -0.4 is 5.32 Å². The second-order valence-electron chi connectivity index (χ2n) is 4.77. The predicted molar refractivity (Wildman–Crippen MR) is 62.1 cm³/mol. The third-order valence-electron chi connectivity index (χ3n) is 3.47. The normalized spacial score (nSPS) is 29.2. The number of rotatable bonds is 4. The van der Waals surface area contributed by atoms with Gasteiger partial charge in [0.15, 0.2) is 0 Å². The van der Waals surface area contributed by atoms with E-state index in [1.807, 2.05) is 0 Å². The first-order valence-electron chi connectivity index (χ1n) is 6.48. The molecule has 88 valence electrons. The molecule has 0 aromatic carbocycles. The Morgan fingerprint density at radius 1 is 1.13 bits per heavy atom. The summed E-state index contributed by atoms with van der Waals surface area (Å²) < 4.78 is 5.45.